The monoisotopic (exact) mass is 514 g/mol. The molecule has 0 radical (unpaired) electrons. The number of nitrogens with zero attached hydrogens (tertiary/aromatic N) is 2. The van der Waals surface area contributed by atoms with Crippen LogP contribution in [0.3, 0.4) is 0 Å². The predicted octanol–water partition coefficient (Wildman–Crippen LogP) is 6.41. The van der Waals surface area contributed by atoms with Crippen LogP contribution in [0.1, 0.15) is 43.4 Å². The number of urea groups is 1. The summed E-state index contributed by atoms with van der Waals surface area (Å²) in [7, 11) is 1.98. The van der Waals surface area contributed by atoms with Gasteiger partial charge in [0.1, 0.15) is 18.1 Å². The molecule has 0 atom stereocenters. The molecule has 2 amide bonds. The highest BCUT2D eigenvalue weighted by atomic mass is 16.7. The zero-order valence-electron chi connectivity index (χ0n) is 22.2. The van der Waals surface area contributed by atoms with Crippen molar-refractivity contribution in [3.63, 3.8) is 0 Å². The molecule has 8 heteroatoms. The number of rotatable bonds is 11. The third kappa shape index (κ3) is 6.92. The molecule has 0 saturated carbocycles. The number of aryl methyl sites for hydroxylation is 1. The first-order valence-electron chi connectivity index (χ1n) is 12.6. The number of carbonyl (C=O) groups excluding carboxylic acids is 1. The molecule has 0 saturated heterocycles. The van der Waals surface area contributed by atoms with Gasteiger partial charge in [-0.2, -0.15) is 5.10 Å². The Morgan fingerprint density at radius 2 is 1.84 bits per heavy atom. The molecule has 38 heavy (non-hydrogen) atoms. The second kappa shape index (κ2) is 12.8. The average molecular weight is 515 g/mol. The van der Waals surface area contributed by atoms with E-state index in [1.54, 1.807) is 6.21 Å². The van der Waals surface area contributed by atoms with Gasteiger partial charge in [0.15, 0.2) is 6.79 Å². The lowest BCUT2D eigenvalue weighted by Gasteiger charge is -2.18. The van der Waals surface area contributed by atoms with Crippen molar-refractivity contribution in [2.24, 2.45) is 12.1 Å². The van der Waals surface area contributed by atoms with Crippen LogP contribution < -0.4 is 20.2 Å². The van der Waals surface area contributed by atoms with Gasteiger partial charge in [-0.25, -0.2) is 10.2 Å². The number of anilines is 1. The van der Waals surface area contributed by atoms with E-state index in [0.29, 0.717) is 30.4 Å². The summed E-state index contributed by atoms with van der Waals surface area (Å²) in [6.07, 6.45) is 3.56. The molecule has 3 aromatic carbocycles. The quantitative estimate of drug-likeness (QED) is 0.105. The number of hydrogen-bond donors (Lipinski definition) is 2. The molecule has 0 fully saturated rings. The lowest BCUT2D eigenvalue weighted by Crippen LogP contribution is -2.24. The molecular weight excluding hydrogens is 480 g/mol. The van der Waals surface area contributed by atoms with Crippen molar-refractivity contribution in [2.75, 3.05) is 18.7 Å². The Labute approximate surface area is 223 Å². The lowest BCUT2D eigenvalue weighted by molar-refractivity contribution is 0.0215. The van der Waals surface area contributed by atoms with Gasteiger partial charge in [0, 0.05) is 48.1 Å². The minimum absolute atomic E-state index is 0.151. The third-order valence-electron chi connectivity index (χ3n) is 6.02. The maximum absolute atomic E-state index is 12.5. The van der Waals surface area contributed by atoms with E-state index in [-0.39, 0.29) is 12.7 Å². The zero-order valence-corrected chi connectivity index (χ0v) is 22.2. The highest BCUT2D eigenvalue weighted by Crippen LogP contribution is 2.34. The number of hydrogen-bond acceptors (Lipinski definition) is 5. The molecule has 0 aliphatic carbocycles. The average Bonchev–Trinajstić information content (AvgIpc) is 3.28. The van der Waals surface area contributed by atoms with Crippen molar-refractivity contribution < 1.29 is 19.0 Å². The Hall–Kier alpha value is -4.30. The summed E-state index contributed by atoms with van der Waals surface area (Å²) < 4.78 is 19.5. The summed E-state index contributed by atoms with van der Waals surface area (Å²) in [6, 6.07) is 21.0. The van der Waals surface area contributed by atoms with Crippen molar-refractivity contribution in [2.45, 2.75) is 33.3 Å². The third-order valence-corrected chi connectivity index (χ3v) is 6.02. The molecule has 2 N–H and O–H groups in total. The summed E-state index contributed by atoms with van der Waals surface area (Å²) >= 11 is 0. The van der Waals surface area contributed by atoms with Crippen LogP contribution in [0.2, 0.25) is 0 Å². The number of carbonyl (C=O) groups is 1. The molecular formula is C30H34N4O4. The lowest BCUT2D eigenvalue weighted by atomic mass is 9.99. The Morgan fingerprint density at radius 1 is 1.03 bits per heavy atom. The molecule has 8 nitrogen and oxygen atoms in total. The highest BCUT2D eigenvalue weighted by molar-refractivity contribution is 5.94. The van der Waals surface area contributed by atoms with Gasteiger partial charge in [-0.1, -0.05) is 44.2 Å². The van der Waals surface area contributed by atoms with Crippen molar-refractivity contribution in [3.8, 4) is 11.5 Å². The number of nitrogens with one attached hydrogen (secondary N) is 2. The summed E-state index contributed by atoms with van der Waals surface area (Å²) in [6.45, 7) is 7.19. The smallest absolute Gasteiger partial charge is 0.339 e. The van der Waals surface area contributed by atoms with E-state index in [4.69, 9.17) is 14.2 Å². The van der Waals surface area contributed by atoms with E-state index in [0.717, 1.165) is 27.6 Å². The summed E-state index contributed by atoms with van der Waals surface area (Å²) in [5.74, 6) is 1.46. The SMILES string of the molecule is CCOCOc1cc(OCc2ccccc2)c(/C=N/NC(=O)Nc2ccc3c(ccn3C)c2)cc1C(C)C. The second-order valence-corrected chi connectivity index (χ2v) is 9.14. The minimum Gasteiger partial charge on any atom is -0.488 e. The fourth-order valence-corrected chi connectivity index (χ4v) is 4.00. The largest absolute Gasteiger partial charge is 0.488 e. The Morgan fingerprint density at radius 3 is 2.61 bits per heavy atom. The van der Waals surface area contributed by atoms with E-state index in [9.17, 15) is 4.79 Å². The normalized spacial score (nSPS) is 11.3. The van der Waals surface area contributed by atoms with Crippen molar-refractivity contribution in [3.05, 3.63) is 89.6 Å². The van der Waals surface area contributed by atoms with Gasteiger partial charge in [-0.15, -0.1) is 0 Å². The van der Waals surface area contributed by atoms with Gasteiger partial charge < -0.3 is 24.1 Å². The second-order valence-electron chi connectivity index (χ2n) is 9.14. The van der Waals surface area contributed by atoms with Crippen molar-refractivity contribution >= 4 is 28.8 Å². The van der Waals surface area contributed by atoms with Gasteiger partial charge in [-0.3, -0.25) is 0 Å². The maximum atomic E-state index is 12.5. The molecule has 198 valence electrons. The van der Waals surface area contributed by atoms with Gasteiger partial charge >= 0.3 is 6.03 Å². The molecule has 4 aromatic rings. The Bertz CT molecular complexity index is 1400. The molecule has 1 aromatic heterocycles. The van der Waals surface area contributed by atoms with Crippen LogP contribution in [0.5, 0.6) is 11.5 Å². The van der Waals surface area contributed by atoms with E-state index in [1.807, 2.05) is 91.5 Å². The number of hydrazone groups is 1. The zero-order chi connectivity index (χ0) is 26.9. The van der Waals surface area contributed by atoms with Crippen LogP contribution in [0, 0.1) is 0 Å². The van der Waals surface area contributed by atoms with Crippen molar-refractivity contribution in [1.29, 1.82) is 0 Å². The van der Waals surface area contributed by atoms with E-state index >= 15 is 0 Å². The topological polar surface area (TPSA) is 86.1 Å². The van der Waals surface area contributed by atoms with Crippen LogP contribution in [-0.2, 0) is 18.4 Å². The Kier molecular flexibility index (Phi) is 9.00. The number of amides is 2. The van der Waals surface area contributed by atoms with E-state index in [1.165, 1.54) is 0 Å². The summed E-state index contributed by atoms with van der Waals surface area (Å²) in [5.41, 5.74) is 7.06. The van der Waals surface area contributed by atoms with Gasteiger partial charge in [0.05, 0.1) is 6.21 Å². The highest BCUT2D eigenvalue weighted by Gasteiger charge is 2.15. The fraction of sp³-hybridized carbons (Fsp3) is 0.267. The van der Waals surface area contributed by atoms with Crippen molar-refractivity contribution in [1.82, 2.24) is 9.99 Å². The van der Waals surface area contributed by atoms with Gasteiger partial charge in [-0.05, 0) is 54.3 Å². The van der Waals surface area contributed by atoms with Gasteiger partial charge in [0.25, 0.3) is 0 Å². The molecule has 0 aliphatic heterocycles. The summed E-state index contributed by atoms with van der Waals surface area (Å²) in [5, 5.41) is 8.05. The van der Waals surface area contributed by atoms with Gasteiger partial charge in [0.2, 0.25) is 0 Å². The molecule has 0 bridgehead atoms. The van der Waals surface area contributed by atoms with Crippen LogP contribution in [0.15, 0.2) is 78.0 Å². The molecule has 1 heterocycles. The maximum Gasteiger partial charge on any atom is 0.339 e. The first-order chi connectivity index (χ1) is 18.4. The first-order valence-corrected chi connectivity index (χ1v) is 12.6. The number of ether oxygens (including phenoxy) is 3. The predicted molar refractivity (Wildman–Crippen MR) is 151 cm³/mol. The van der Waals surface area contributed by atoms with Crippen LogP contribution >= 0.6 is 0 Å². The fourth-order valence-electron chi connectivity index (χ4n) is 4.00. The number of aromatic nitrogens is 1. The standard InChI is InChI=1S/C30H34N4O4/c1-5-36-20-38-29-17-28(37-19-22-9-7-6-8-10-22)24(16-26(29)21(2)3)18-31-33-30(35)32-25-11-12-27-23(15-25)13-14-34(27)4/h6-18,21H,5,19-20H2,1-4H3,(H2,32,33,35)/b31-18+. The van der Waals surface area contributed by atoms with Crippen LogP contribution in [0.4, 0.5) is 10.5 Å². The number of fused-ring (bicyclic) bond motifs is 1. The molecule has 0 spiro atoms. The minimum atomic E-state index is -0.441. The molecule has 4 rings (SSSR count). The molecule has 0 unspecified atom stereocenters. The van der Waals surface area contributed by atoms with E-state index < -0.39 is 6.03 Å². The first kappa shape index (κ1) is 26.8. The summed E-state index contributed by atoms with van der Waals surface area (Å²) in [4.78, 5) is 12.5. The Balaban J connectivity index is 1.51. The van der Waals surface area contributed by atoms with Crippen LogP contribution in [-0.4, -0.2) is 30.2 Å². The number of benzene rings is 3. The molecule has 0 aliphatic rings. The van der Waals surface area contributed by atoms with E-state index in [2.05, 4.69) is 29.7 Å². The van der Waals surface area contributed by atoms with Crippen LogP contribution in [0.25, 0.3) is 10.9 Å².